The Kier molecular flexibility index (Phi) is 2.75. The maximum atomic E-state index is 12.0. The van der Waals surface area contributed by atoms with Gasteiger partial charge >= 0.3 is 5.97 Å². The van der Waals surface area contributed by atoms with Crippen LogP contribution in [0.1, 0.15) is 17.0 Å². The average Bonchev–Trinajstić information content (AvgIpc) is 2.41. The number of carbonyl (C=O) groups excluding carboxylic acids is 1. The number of hydrogen-bond acceptors (Lipinski definition) is 5. The molecule has 1 aliphatic heterocycles. The predicted molar refractivity (Wildman–Crippen MR) is 70.0 cm³/mol. The zero-order chi connectivity index (χ0) is 14.3. The van der Waals surface area contributed by atoms with E-state index < -0.39 is 11.9 Å². The van der Waals surface area contributed by atoms with Crippen molar-refractivity contribution in [3.63, 3.8) is 0 Å². The van der Waals surface area contributed by atoms with Crippen molar-refractivity contribution in [2.24, 2.45) is 0 Å². The number of phenols is 3. The first-order chi connectivity index (χ1) is 9.54. The van der Waals surface area contributed by atoms with Gasteiger partial charge in [0.15, 0.2) is 11.5 Å². The summed E-state index contributed by atoms with van der Waals surface area (Å²) in [6.07, 6.45) is 0.415. The summed E-state index contributed by atoms with van der Waals surface area (Å²) in [6, 6.07) is 8.90. The molecular formula is C15H12O5. The third-order valence-corrected chi connectivity index (χ3v) is 3.37. The number of phenolic OH excluding ortho intramolecular Hbond substituents is 3. The minimum absolute atomic E-state index is 0.0391. The lowest BCUT2D eigenvalue weighted by Gasteiger charge is -2.23. The first kappa shape index (κ1) is 12.3. The molecule has 2 aromatic rings. The maximum Gasteiger partial charge on any atom is 0.319 e. The fourth-order valence-electron chi connectivity index (χ4n) is 2.30. The van der Waals surface area contributed by atoms with Gasteiger partial charge in [-0.05, 0) is 35.7 Å². The molecule has 2 aromatic carbocycles. The lowest BCUT2D eigenvalue weighted by Crippen LogP contribution is -2.25. The van der Waals surface area contributed by atoms with Gasteiger partial charge in [-0.2, -0.15) is 0 Å². The SMILES string of the molecule is O=C1Oc2cc(O)ccc2CC1c1ccc(O)c(O)c1. The lowest BCUT2D eigenvalue weighted by atomic mass is 9.89. The van der Waals surface area contributed by atoms with Gasteiger partial charge < -0.3 is 20.1 Å². The molecular weight excluding hydrogens is 260 g/mol. The zero-order valence-corrected chi connectivity index (χ0v) is 10.4. The average molecular weight is 272 g/mol. The number of carbonyl (C=O) groups is 1. The molecule has 0 spiro atoms. The number of rotatable bonds is 1. The normalized spacial score (nSPS) is 17.4. The summed E-state index contributed by atoms with van der Waals surface area (Å²) < 4.78 is 5.21. The third kappa shape index (κ3) is 2.03. The first-order valence-electron chi connectivity index (χ1n) is 6.10. The molecule has 5 heteroatoms. The van der Waals surface area contributed by atoms with E-state index in [1.165, 1.54) is 24.3 Å². The molecule has 3 rings (SSSR count). The number of hydrogen-bond donors (Lipinski definition) is 3. The highest BCUT2D eigenvalue weighted by Gasteiger charge is 2.30. The molecule has 0 saturated heterocycles. The van der Waals surface area contributed by atoms with Gasteiger partial charge in [0.25, 0.3) is 0 Å². The number of benzene rings is 2. The van der Waals surface area contributed by atoms with E-state index in [0.29, 0.717) is 17.7 Å². The van der Waals surface area contributed by atoms with E-state index in [-0.39, 0.29) is 17.2 Å². The van der Waals surface area contributed by atoms with Crippen LogP contribution in [-0.2, 0) is 11.2 Å². The van der Waals surface area contributed by atoms with E-state index >= 15 is 0 Å². The van der Waals surface area contributed by atoms with Crippen molar-refractivity contribution in [1.82, 2.24) is 0 Å². The molecule has 0 radical (unpaired) electrons. The Morgan fingerprint density at radius 3 is 2.55 bits per heavy atom. The van der Waals surface area contributed by atoms with Gasteiger partial charge in [-0.3, -0.25) is 4.79 Å². The van der Waals surface area contributed by atoms with Crippen LogP contribution in [0.15, 0.2) is 36.4 Å². The fourth-order valence-corrected chi connectivity index (χ4v) is 2.30. The van der Waals surface area contributed by atoms with Crippen LogP contribution in [0.2, 0.25) is 0 Å². The Morgan fingerprint density at radius 1 is 1.00 bits per heavy atom. The monoisotopic (exact) mass is 272 g/mol. The minimum atomic E-state index is -0.543. The molecule has 0 fully saturated rings. The molecule has 1 heterocycles. The standard InChI is InChI=1S/C15H12O5/c16-10-3-1-9-5-11(15(19)20-14(9)7-10)8-2-4-12(17)13(18)6-8/h1-4,6-7,11,16-18H,5H2. The Labute approximate surface area is 114 Å². The van der Waals surface area contributed by atoms with Gasteiger partial charge in [0.2, 0.25) is 0 Å². The van der Waals surface area contributed by atoms with Crippen molar-refractivity contribution in [2.45, 2.75) is 12.3 Å². The zero-order valence-electron chi connectivity index (χ0n) is 10.4. The van der Waals surface area contributed by atoms with Crippen LogP contribution in [0, 0.1) is 0 Å². The molecule has 102 valence electrons. The van der Waals surface area contributed by atoms with Crippen molar-refractivity contribution in [2.75, 3.05) is 0 Å². The third-order valence-electron chi connectivity index (χ3n) is 3.37. The van der Waals surface area contributed by atoms with Gasteiger partial charge in [0.05, 0.1) is 5.92 Å². The Bertz CT molecular complexity index is 693. The van der Waals surface area contributed by atoms with Crippen molar-refractivity contribution >= 4 is 5.97 Å². The van der Waals surface area contributed by atoms with Crippen LogP contribution in [0.4, 0.5) is 0 Å². The summed E-state index contributed by atoms with van der Waals surface area (Å²) in [7, 11) is 0. The van der Waals surface area contributed by atoms with Crippen LogP contribution < -0.4 is 4.74 Å². The summed E-state index contributed by atoms with van der Waals surface area (Å²) in [5, 5.41) is 28.2. The number of fused-ring (bicyclic) bond motifs is 1. The molecule has 5 nitrogen and oxygen atoms in total. The van der Waals surface area contributed by atoms with Gasteiger partial charge in [-0.25, -0.2) is 0 Å². The lowest BCUT2D eigenvalue weighted by molar-refractivity contribution is -0.137. The first-order valence-corrected chi connectivity index (χ1v) is 6.10. The van der Waals surface area contributed by atoms with E-state index in [0.717, 1.165) is 5.56 Å². The molecule has 1 aliphatic rings. The van der Waals surface area contributed by atoms with Gasteiger partial charge in [-0.1, -0.05) is 12.1 Å². The second-order valence-electron chi connectivity index (χ2n) is 4.72. The molecule has 20 heavy (non-hydrogen) atoms. The van der Waals surface area contributed by atoms with E-state index in [9.17, 15) is 20.1 Å². The maximum absolute atomic E-state index is 12.0. The molecule has 1 unspecified atom stereocenters. The fraction of sp³-hybridized carbons (Fsp3) is 0.133. The molecule has 0 saturated carbocycles. The van der Waals surface area contributed by atoms with Gasteiger partial charge in [0, 0.05) is 6.07 Å². The molecule has 0 bridgehead atoms. The van der Waals surface area contributed by atoms with Crippen molar-refractivity contribution < 1.29 is 24.9 Å². The van der Waals surface area contributed by atoms with E-state index in [4.69, 9.17) is 4.74 Å². The Balaban J connectivity index is 1.97. The smallest absolute Gasteiger partial charge is 0.319 e. The second kappa shape index (κ2) is 4.45. The largest absolute Gasteiger partial charge is 0.508 e. The van der Waals surface area contributed by atoms with E-state index in [1.807, 2.05) is 0 Å². The molecule has 3 N–H and O–H groups in total. The van der Waals surface area contributed by atoms with Crippen molar-refractivity contribution in [1.29, 1.82) is 0 Å². The van der Waals surface area contributed by atoms with E-state index in [2.05, 4.69) is 0 Å². The Morgan fingerprint density at radius 2 is 1.80 bits per heavy atom. The van der Waals surface area contributed by atoms with Crippen LogP contribution >= 0.6 is 0 Å². The number of esters is 1. The topological polar surface area (TPSA) is 87.0 Å². The van der Waals surface area contributed by atoms with E-state index in [1.54, 1.807) is 12.1 Å². The van der Waals surface area contributed by atoms with Gasteiger partial charge in [0.1, 0.15) is 11.5 Å². The molecule has 0 amide bonds. The molecule has 1 atom stereocenters. The Hall–Kier alpha value is -2.69. The highest BCUT2D eigenvalue weighted by molar-refractivity contribution is 5.83. The van der Waals surface area contributed by atoms with Crippen LogP contribution in [0.3, 0.4) is 0 Å². The highest BCUT2D eigenvalue weighted by Crippen LogP contribution is 2.37. The van der Waals surface area contributed by atoms with Crippen LogP contribution in [-0.4, -0.2) is 21.3 Å². The minimum Gasteiger partial charge on any atom is -0.508 e. The highest BCUT2D eigenvalue weighted by atomic mass is 16.5. The summed E-state index contributed by atoms with van der Waals surface area (Å²) in [4.78, 5) is 12.0. The second-order valence-corrected chi connectivity index (χ2v) is 4.72. The van der Waals surface area contributed by atoms with Gasteiger partial charge in [-0.15, -0.1) is 0 Å². The number of aromatic hydroxyl groups is 3. The number of ether oxygens (including phenoxy) is 1. The van der Waals surface area contributed by atoms with Crippen molar-refractivity contribution in [3.05, 3.63) is 47.5 Å². The van der Waals surface area contributed by atoms with Crippen LogP contribution in [0.5, 0.6) is 23.0 Å². The van der Waals surface area contributed by atoms with Crippen molar-refractivity contribution in [3.8, 4) is 23.0 Å². The summed E-state index contributed by atoms with van der Waals surface area (Å²) in [6.45, 7) is 0. The molecule has 0 aromatic heterocycles. The molecule has 0 aliphatic carbocycles. The quantitative estimate of drug-likeness (QED) is 0.420. The van der Waals surface area contributed by atoms with Crippen LogP contribution in [0.25, 0.3) is 0 Å². The summed E-state index contributed by atoms with van der Waals surface area (Å²) >= 11 is 0. The summed E-state index contributed by atoms with van der Waals surface area (Å²) in [5.41, 5.74) is 1.38. The predicted octanol–water partition coefficient (Wildman–Crippen LogP) is 2.05. The summed E-state index contributed by atoms with van der Waals surface area (Å²) in [5.74, 6) is -1.10.